The Balaban J connectivity index is 1.70. The number of nitrogens with two attached hydrogens (primary N) is 1. The number of pyridine rings is 1. The number of carbonyl (C=O) groups is 3. The summed E-state index contributed by atoms with van der Waals surface area (Å²) in [6.45, 7) is 10.8. The van der Waals surface area contributed by atoms with E-state index < -0.39 is 18.0 Å². The van der Waals surface area contributed by atoms with Gasteiger partial charge in [0.25, 0.3) is 5.91 Å². The fourth-order valence-electron chi connectivity index (χ4n) is 4.68. The highest BCUT2D eigenvalue weighted by molar-refractivity contribution is 6.10. The minimum absolute atomic E-state index is 0.0168. The molecular weight excluding hydrogens is 598 g/mol. The van der Waals surface area contributed by atoms with Crippen LogP contribution in [0.4, 0.5) is 16.3 Å². The number of aromatic nitrogens is 3. The number of carbonyl (C=O) groups excluding carboxylic acids is 3. The number of amidine groups is 1. The Labute approximate surface area is 275 Å². The lowest BCUT2D eigenvalue weighted by molar-refractivity contribution is -0.142. The van der Waals surface area contributed by atoms with Crippen LogP contribution in [-0.2, 0) is 32.7 Å². The molecule has 0 saturated carbocycles. The maximum Gasteiger partial charge on any atom is 0.435 e. The van der Waals surface area contributed by atoms with E-state index in [2.05, 4.69) is 28.8 Å². The Hall–Kier alpha value is -5.26. The number of hydrogen-bond acceptors (Lipinski definition) is 8. The van der Waals surface area contributed by atoms with Gasteiger partial charge in [-0.25, -0.2) is 14.8 Å². The summed E-state index contributed by atoms with van der Waals surface area (Å²) in [7, 11) is 1.89. The summed E-state index contributed by atoms with van der Waals surface area (Å²) in [5, 5.41) is 4.72. The standard InChI is InChI=1S/C35H45N7O5/c1-6-9-10-13-22-47-35(45)40-33(36)26-15-17-27(18-16-26)38-24-31-39-28(29(7-2)41(31)5)23-25(4)34(44)42(21-19-32(43)46-8-3)30-14-11-12-20-37-30/h7,11-12,14-18,20,23,38H,4,6,8-10,13,19,21-22,24H2,1-3,5H3,(H2,36,40,45). The van der Waals surface area contributed by atoms with Gasteiger partial charge in [-0.3, -0.25) is 14.5 Å². The first-order valence-electron chi connectivity index (χ1n) is 15.8. The molecule has 2 aromatic heterocycles. The number of benzene rings is 1. The van der Waals surface area contributed by atoms with E-state index in [-0.39, 0.29) is 31.0 Å². The van der Waals surface area contributed by atoms with Gasteiger partial charge in [0.05, 0.1) is 36.9 Å². The van der Waals surface area contributed by atoms with Crippen molar-refractivity contribution in [2.75, 3.05) is 30.0 Å². The van der Waals surface area contributed by atoms with Gasteiger partial charge in [0.15, 0.2) is 0 Å². The molecule has 12 nitrogen and oxygen atoms in total. The quantitative estimate of drug-likeness (QED) is 0.0776. The Morgan fingerprint density at radius 3 is 2.51 bits per heavy atom. The van der Waals surface area contributed by atoms with Gasteiger partial charge in [0.2, 0.25) is 0 Å². The van der Waals surface area contributed by atoms with Crippen molar-refractivity contribution in [2.24, 2.45) is 17.8 Å². The average Bonchev–Trinajstić information content (AvgIpc) is 3.37. The predicted molar refractivity (Wildman–Crippen MR) is 184 cm³/mol. The van der Waals surface area contributed by atoms with Crippen LogP contribution in [0, 0.1) is 0 Å². The van der Waals surface area contributed by atoms with Gasteiger partial charge in [-0.15, -0.1) is 0 Å². The minimum atomic E-state index is -0.697. The summed E-state index contributed by atoms with van der Waals surface area (Å²) < 4.78 is 12.1. The summed E-state index contributed by atoms with van der Waals surface area (Å²) in [4.78, 5) is 51.9. The number of unbranched alkanes of at least 4 members (excludes halogenated alkanes) is 3. The number of anilines is 2. The molecule has 0 fully saturated rings. The topological polar surface area (TPSA) is 154 Å². The lowest BCUT2D eigenvalue weighted by Gasteiger charge is -2.21. The number of aliphatic imine (C=N–C) groups is 1. The molecule has 0 unspecified atom stereocenters. The third kappa shape index (κ3) is 10.9. The van der Waals surface area contributed by atoms with Crippen LogP contribution in [0.2, 0.25) is 0 Å². The number of hydrogen-bond donors (Lipinski definition) is 2. The van der Waals surface area contributed by atoms with Crippen molar-refractivity contribution in [2.45, 2.75) is 59.4 Å². The SMILES string of the molecule is C=C(C=c1nc(CNc2ccc(C(N)=NC(=O)OCCCCCC)cc2)n(C)c1=CC)C(=O)N(CCC(=O)OCC)c1ccccn1. The molecule has 3 aromatic rings. The molecule has 0 spiro atoms. The van der Waals surface area contributed by atoms with Crippen LogP contribution < -0.4 is 26.6 Å². The van der Waals surface area contributed by atoms with Crippen LogP contribution in [0.1, 0.15) is 64.3 Å². The second-order valence-electron chi connectivity index (χ2n) is 10.6. The van der Waals surface area contributed by atoms with Gasteiger partial charge in [0, 0.05) is 36.6 Å². The van der Waals surface area contributed by atoms with E-state index in [1.807, 2.05) is 36.7 Å². The zero-order valence-electron chi connectivity index (χ0n) is 27.7. The molecule has 2 heterocycles. The first-order chi connectivity index (χ1) is 22.7. The van der Waals surface area contributed by atoms with Crippen LogP contribution in [0.25, 0.3) is 12.2 Å². The molecule has 0 aliphatic carbocycles. The summed E-state index contributed by atoms with van der Waals surface area (Å²) in [5.41, 5.74) is 7.62. The molecule has 250 valence electrons. The monoisotopic (exact) mass is 643 g/mol. The van der Waals surface area contributed by atoms with E-state index in [0.29, 0.717) is 29.9 Å². The number of rotatable bonds is 16. The summed E-state index contributed by atoms with van der Waals surface area (Å²) in [6.07, 6.45) is 8.46. The lowest BCUT2D eigenvalue weighted by atomic mass is 10.2. The molecule has 0 radical (unpaired) electrons. The summed E-state index contributed by atoms with van der Waals surface area (Å²) in [5.74, 6) is 0.407. The normalized spacial score (nSPS) is 12.1. The molecule has 0 aliphatic heterocycles. The van der Waals surface area contributed by atoms with Crippen LogP contribution in [0.5, 0.6) is 0 Å². The van der Waals surface area contributed by atoms with Crippen molar-refractivity contribution in [3.05, 3.63) is 82.9 Å². The summed E-state index contributed by atoms with van der Waals surface area (Å²) >= 11 is 0. The minimum Gasteiger partial charge on any atom is -0.466 e. The molecule has 0 saturated heterocycles. The van der Waals surface area contributed by atoms with Crippen LogP contribution >= 0.6 is 0 Å². The number of esters is 1. The van der Waals surface area contributed by atoms with Crippen molar-refractivity contribution in [1.29, 1.82) is 0 Å². The predicted octanol–water partition coefficient (Wildman–Crippen LogP) is 3.97. The third-order valence-corrected chi connectivity index (χ3v) is 7.20. The Morgan fingerprint density at radius 1 is 1.09 bits per heavy atom. The fraction of sp³-hybridized carbons (Fsp3) is 0.371. The van der Waals surface area contributed by atoms with E-state index >= 15 is 0 Å². The molecule has 0 bridgehead atoms. The van der Waals surface area contributed by atoms with Crippen molar-refractivity contribution in [3.63, 3.8) is 0 Å². The van der Waals surface area contributed by atoms with Crippen LogP contribution in [-0.4, -0.2) is 58.1 Å². The number of nitrogens with zero attached hydrogens (tertiary/aromatic N) is 5. The third-order valence-electron chi connectivity index (χ3n) is 7.20. The van der Waals surface area contributed by atoms with Gasteiger partial charge < -0.3 is 25.1 Å². The number of nitrogens with one attached hydrogen (secondary N) is 1. The Morgan fingerprint density at radius 2 is 1.85 bits per heavy atom. The van der Waals surface area contributed by atoms with Crippen molar-refractivity contribution in [3.8, 4) is 0 Å². The molecule has 0 atom stereocenters. The highest BCUT2D eigenvalue weighted by atomic mass is 16.5. The van der Waals surface area contributed by atoms with E-state index in [1.165, 1.54) is 4.90 Å². The highest BCUT2D eigenvalue weighted by Crippen LogP contribution is 2.15. The van der Waals surface area contributed by atoms with E-state index in [4.69, 9.17) is 20.2 Å². The maximum absolute atomic E-state index is 13.5. The zero-order chi connectivity index (χ0) is 34.2. The molecule has 0 aliphatic rings. The number of amides is 2. The lowest BCUT2D eigenvalue weighted by Crippen LogP contribution is -2.36. The number of imidazole rings is 1. The first kappa shape index (κ1) is 36.2. The second-order valence-corrected chi connectivity index (χ2v) is 10.6. The molecule has 47 heavy (non-hydrogen) atoms. The Kier molecular flexibility index (Phi) is 14.4. The van der Waals surface area contributed by atoms with Crippen LogP contribution in [0.3, 0.4) is 0 Å². The second kappa shape index (κ2) is 18.6. The Bertz CT molecular complexity index is 1660. The first-order valence-corrected chi connectivity index (χ1v) is 15.8. The van der Waals surface area contributed by atoms with E-state index in [1.54, 1.807) is 49.5 Å². The largest absolute Gasteiger partial charge is 0.466 e. The summed E-state index contributed by atoms with van der Waals surface area (Å²) in [6, 6.07) is 12.4. The number of ether oxygens (including phenoxy) is 2. The maximum atomic E-state index is 13.5. The van der Waals surface area contributed by atoms with Gasteiger partial charge in [-0.05, 0) is 62.7 Å². The van der Waals surface area contributed by atoms with E-state index in [9.17, 15) is 14.4 Å². The molecule has 2 amide bonds. The van der Waals surface area contributed by atoms with Gasteiger partial charge in [-0.1, -0.05) is 44.9 Å². The van der Waals surface area contributed by atoms with Crippen LogP contribution in [0.15, 0.2) is 65.8 Å². The zero-order valence-corrected chi connectivity index (χ0v) is 27.7. The van der Waals surface area contributed by atoms with Gasteiger partial charge in [-0.2, -0.15) is 4.99 Å². The van der Waals surface area contributed by atoms with Crippen molar-refractivity contribution in [1.82, 2.24) is 14.5 Å². The molecule has 12 heteroatoms. The van der Waals surface area contributed by atoms with Gasteiger partial charge >= 0.3 is 12.1 Å². The molecular formula is C35H45N7O5. The molecule has 3 N–H and O–H groups in total. The van der Waals surface area contributed by atoms with E-state index in [0.717, 1.165) is 42.5 Å². The fourth-order valence-corrected chi connectivity index (χ4v) is 4.68. The average molecular weight is 644 g/mol. The molecule has 1 aromatic carbocycles. The smallest absolute Gasteiger partial charge is 0.435 e. The van der Waals surface area contributed by atoms with Crippen molar-refractivity contribution < 1.29 is 23.9 Å². The van der Waals surface area contributed by atoms with Crippen molar-refractivity contribution >= 4 is 47.5 Å². The molecule has 3 rings (SSSR count). The van der Waals surface area contributed by atoms with Gasteiger partial charge in [0.1, 0.15) is 17.5 Å². The highest BCUT2D eigenvalue weighted by Gasteiger charge is 2.20.